The Hall–Kier alpha value is -3.27. The van der Waals surface area contributed by atoms with Gasteiger partial charge in [0.05, 0.1) is 17.5 Å². The van der Waals surface area contributed by atoms with Crippen LogP contribution in [0.1, 0.15) is 32.4 Å². The SMILES string of the molecule is CSc1cc(C(N)=O)ccc1-n1ccc(NC[C@H](O)c2cccc(Cl)c2)c(C(=O)O)c1=O. The monoisotopic (exact) mass is 473 g/mol. The van der Waals surface area contributed by atoms with E-state index in [4.69, 9.17) is 17.3 Å². The minimum absolute atomic E-state index is 0.0343. The summed E-state index contributed by atoms with van der Waals surface area (Å²) in [5.74, 6) is -2.02. The number of nitrogens with zero attached hydrogens (tertiary/aromatic N) is 1. The number of hydrogen-bond acceptors (Lipinski definition) is 6. The van der Waals surface area contributed by atoms with Crippen molar-refractivity contribution in [1.82, 2.24) is 4.57 Å². The van der Waals surface area contributed by atoms with Gasteiger partial charge in [0.25, 0.3) is 5.56 Å². The molecule has 10 heteroatoms. The number of carboxylic acid groups (broad SMARTS) is 1. The Kier molecular flexibility index (Phi) is 7.24. The lowest BCUT2D eigenvalue weighted by Crippen LogP contribution is -2.27. The van der Waals surface area contributed by atoms with Gasteiger partial charge in [0.15, 0.2) is 0 Å². The second-order valence-corrected chi connectivity index (χ2v) is 8.07. The first-order valence-corrected chi connectivity index (χ1v) is 11.0. The van der Waals surface area contributed by atoms with Crippen molar-refractivity contribution in [3.63, 3.8) is 0 Å². The fraction of sp³-hybridized carbons (Fsp3) is 0.136. The van der Waals surface area contributed by atoms with Gasteiger partial charge in [-0.2, -0.15) is 0 Å². The molecule has 0 spiro atoms. The molecule has 0 aliphatic carbocycles. The van der Waals surface area contributed by atoms with Crippen LogP contribution in [-0.4, -0.2) is 39.5 Å². The van der Waals surface area contributed by atoms with Gasteiger partial charge in [0.2, 0.25) is 5.91 Å². The van der Waals surface area contributed by atoms with Crippen molar-refractivity contribution in [3.05, 3.63) is 86.8 Å². The number of primary amides is 1. The molecule has 0 saturated heterocycles. The van der Waals surface area contributed by atoms with Crippen molar-refractivity contribution >= 4 is 40.9 Å². The van der Waals surface area contributed by atoms with Gasteiger partial charge in [-0.3, -0.25) is 14.2 Å². The Morgan fingerprint density at radius 3 is 2.59 bits per heavy atom. The number of pyridine rings is 1. The molecular formula is C22H20ClN3O5S. The highest BCUT2D eigenvalue weighted by Gasteiger charge is 2.20. The third-order valence-electron chi connectivity index (χ3n) is 4.75. The van der Waals surface area contributed by atoms with Gasteiger partial charge < -0.3 is 21.3 Å². The van der Waals surface area contributed by atoms with E-state index in [1.54, 1.807) is 36.6 Å². The van der Waals surface area contributed by atoms with Crippen LogP contribution >= 0.6 is 23.4 Å². The summed E-state index contributed by atoms with van der Waals surface area (Å²) >= 11 is 7.23. The summed E-state index contributed by atoms with van der Waals surface area (Å²) in [5, 5.41) is 23.4. The molecule has 2 aromatic carbocycles. The highest BCUT2D eigenvalue weighted by Crippen LogP contribution is 2.26. The topological polar surface area (TPSA) is 135 Å². The number of nitrogens with two attached hydrogens (primary N) is 1. The fourth-order valence-corrected chi connectivity index (χ4v) is 3.97. The number of amides is 1. The minimum atomic E-state index is -1.41. The molecule has 0 radical (unpaired) electrons. The summed E-state index contributed by atoms with van der Waals surface area (Å²) in [6.07, 6.45) is 2.23. The van der Waals surface area contributed by atoms with Crippen molar-refractivity contribution in [2.45, 2.75) is 11.0 Å². The number of carbonyl (C=O) groups is 2. The smallest absolute Gasteiger partial charge is 0.343 e. The summed E-state index contributed by atoms with van der Waals surface area (Å²) in [5.41, 5.74) is 5.39. The Bertz CT molecular complexity index is 1240. The van der Waals surface area contributed by atoms with Gasteiger partial charge in [0, 0.05) is 28.2 Å². The Morgan fingerprint density at radius 2 is 1.97 bits per heavy atom. The molecule has 1 heterocycles. The van der Waals surface area contributed by atoms with E-state index in [0.717, 1.165) is 0 Å². The van der Waals surface area contributed by atoms with Crippen LogP contribution in [0, 0.1) is 0 Å². The van der Waals surface area contributed by atoms with E-state index >= 15 is 0 Å². The second kappa shape index (κ2) is 9.90. The zero-order valence-corrected chi connectivity index (χ0v) is 18.5. The second-order valence-electron chi connectivity index (χ2n) is 6.79. The lowest BCUT2D eigenvalue weighted by Gasteiger charge is -2.17. The van der Waals surface area contributed by atoms with Crippen molar-refractivity contribution in [2.75, 3.05) is 18.1 Å². The Labute approximate surface area is 192 Å². The normalized spacial score (nSPS) is 11.7. The average Bonchev–Trinajstić information content (AvgIpc) is 2.76. The van der Waals surface area contributed by atoms with Crippen LogP contribution in [0.4, 0.5) is 5.69 Å². The number of aliphatic hydroxyl groups excluding tert-OH is 1. The highest BCUT2D eigenvalue weighted by molar-refractivity contribution is 7.98. The summed E-state index contributed by atoms with van der Waals surface area (Å²) in [6.45, 7) is -0.0343. The van der Waals surface area contributed by atoms with E-state index in [-0.39, 0.29) is 17.8 Å². The van der Waals surface area contributed by atoms with Gasteiger partial charge >= 0.3 is 5.97 Å². The molecule has 1 aromatic heterocycles. The van der Waals surface area contributed by atoms with Crippen LogP contribution in [0.15, 0.2) is 64.4 Å². The molecule has 0 aliphatic heterocycles. The van der Waals surface area contributed by atoms with Crippen LogP contribution in [0.3, 0.4) is 0 Å². The van der Waals surface area contributed by atoms with E-state index in [1.807, 2.05) is 0 Å². The van der Waals surface area contributed by atoms with E-state index in [0.29, 0.717) is 21.2 Å². The molecule has 32 heavy (non-hydrogen) atoms. The molecule has 1 atom stereocenters. The van der Waals surface area contributed by atoms with E-state index < -0.39 is 29.1 Å². The van der Waals surface area contributed by atoms with Crippen LogP contribution < -0.4 is 16.6 Å². The predicted octanol–water partition coefficient (Wildman–Crippen LogP) is 3.16. The van der Waals surface area contributed by atoms with Crippen LogP contribution in [-0.2, 0) is 0 Å². The number of thioether (sulfide) groups is 1. The summed E-state index contributed by atoms with van der Waals surface area (Å²) in [7, 11) is 0. The molecule has 1 amide bonds. The number of carbonyl (C=O) groups excluding carboxylic acids is 1. The zero-order valence-electron chi connectivity index (χ0n) is 16.9. The van der Waals surface area contributed by atoms with E-state index in [2.05, 4.69) is 5.32 Å². The molecule has 0 bridgehead atoms. The molecule has 3 rings (SSSR count). The summed E-state index contributed by atoms with van der Waals surface area (Å²) in [4.78, 5) is 37.0. The maximum atomic E-state index is 13.0. The molecular weight excluding hydrogens is 454 g/mol. The standard InChI is InChI=1S/C22H20ClN3O5S/c1-32-18-10-13(20(24)28)5-6-16(18)26-8-7-15(19(21(26)29)22(30)31)25-11-17(27)12-3-2-4-14(23)9-12/h2-10,17,25,27H,11H2,1H3,(H2,24,28)(H,30,31)/t17-/m0/s1. The highest BCUT2D eigenvalue weighted by atomic mass is 35.5. The molecule has 5 N–H and O–H groups in total. The maximum absolute atomic E-state index is 13.0. The van der Waals surface area contributed by atoms with Gasteiger partial charge in [-0.15, -0.1) is 11.8 Å². The predicted molar refractivity (Wildman–Crippen MR) is 124 cm³/mol. The van der Waals surface area contributed by atoms with E-state index in [1.165, 1.54) is 40.7 Å². The number of aromatic carboxylic acids is 1. The fourth-order valence-electron chi connectivity index (χ4n) is 3.15. The quantitative estimate of drug-likeness (QED) is 0.369. The maximum Gasteiger partial charge on any atom is 0.343 e. The first-order chi connectivity index (χ1) is 15.2. The van der Waals surface area contributed by atoms with Crippen molar-refractivity contribution in [2.24, 2.45) is 5.73 Å². The van der Waals surface area contributed by atoms with Crippen LogP contribution in [0.5, 0.6) is 0 Å². The van der Waals surface area contributed by atoms with Crippen LogP contribution in [0.2, 0.25) is 5.02 Å². The number of rotatable bonds is 8. The molecule has 0 unspecified atom stereocenters. The van der Waals surface area contributed by atoms with Gasteiger partial charge in [-0.25, -0.2) is 4.79 Å². The number of aromatic nitrogens is 1. The molecule has 3 aromatic rings. The van der Waals surface area contributed by atoms with Gasteiger partial charge in [-0.05, 0) is 48.2 Å². The number of carboxylic acids is 1. The molecule has 0 saturated carbocycles. The van der Waals surface area contributed by atoms with Gasteiger partial charge in [0.1, 0.15) is 5.56 Å². The van der Waals surface area contributed by atoms with Crippen molar-refractivity contribution in [3.8, 4) is 5.69 Å². The minimum Gasteiger partial charge on any atom is -0.477 e. The van der Waals surface area contributed by atoms with E-state index in [9.17, 15) is 24.6 Å². The number of hydrogen-bond donors (Lipinski definition) is 4. The first kappa shape index (κ1) is 23.4. The third kappa shape index (κ3) is 4.96. The molecule has 0 aliphatic rings. The number of anilines is 1. The zero-order chi connectivity index (χ0) is 23.4. The largest absolute Gasteiger partial charge is 0.477 e. The Balaban J connectivity index is 1.97. The number of halogens is 1. The molecule has 8 nitrogen and oxygen atoms in total. The van der Waals surface area contributed by atoms with Crippen molar-refractivity contribution < 1.29 is 19.8 Å². The number of aliphatic hydroxyl groups is 1. The Morgan fingerprint density at radius 1 is 1.22 bits per heavy atom. The lowest BCUT2D eigenvalue weighted by atomic mass is 10.1. The number of benzene rings is 2. The summed E-state index contributed by atoms with van der Waals surface area (Å²) in [6, 6.07) is 12.7. The average molecular weight is 474 g/mol. The summed E-state index contributed by atoms with van der Waals surface area (Å²) < 4.78 is 1.19. The number of nitrogens with one attached hydrogen (secondary N) is 1. The van der Waals surface area contributed by atoms with Gasteiger partial charge in [-0.1, -0.05) is 23.7 Å². The molecule has 0 fully saturated rings. The van der Waals surface area contributed by atoms with Crippen molar-refractivity contribution in [1.29, 1.82) is 0 Å². The third-order valence-corrected chi connectivity index (χ3v) is 5.75. The first-order valence-electron chi connectivity index (χ1n) is 9.37. The molecule has 166 valence electrons. The van der Waals surface area contributed by atoms with Crippen LogP contribution in [0.25, 0.3) is 5.69 Å². The lowest BCUT2D eigenvalue weighted by molar-refractivity contribution is 0.0695.